The highest BCUT2D eigenvalue weighted by atomic mass is 16.5. The molecule has 6 rings (SSSR count). The van der Waals surface area contributed by atoms with E-state index in [0.29, 0.717) is 49.1 Å². The van der Waals surface area contributed by atoms with Crippen molar-refractivity contribution >= 4 is 17.0 Å². The molecule has 1 fully saturated rings. The van der Waals surface area contributed by atoms with Crippen LogP contribution in [0.5, 0.6) is 0 Å². The summed E-state index contributed by atoms with van der Waals surface area (Å²) in [6.45, 7) is 4.30. The molecule has 1 aliphatic rings. The zero-order valence-corrected chi connectivity index (χ0v) is 19.4. The van der Waals surface area contributed by atoms with Crippen LogP contribution in [0.1, 0.15) is 5.82 Å². The molecule has 35 heavy (non-hydrogen) atoms. The van der Waals surface area contributed by atoms with Gasteiger partial charge in [0.2, 0.25) is 0 Å². The Morgan fingerprint density at radius 2 is 1.69 bits per heavy atom. The van der Waals surface area contributed by atoms with Crippen molar-refractivity contribution in [1.82, 2.24) is 38.9 Å². The largest absolute Gasteiger partial charge is 0.378 e. The SMILES string of the molecule is Cc1nn(-c2nc(N3CCOCC3)c3nc(-c4ccncc4)n(C)c3n2)c(=O)n1-c1ccccc1. The summed E-state index contributed by atoms with van der Waals surface area (Å²) in [5.41, 5.74) is 2.59. The van der Waals surface area contributed by atoms with Gasteiger partial charge in [0.15, 0.2) is 17.0 Å². The fraction of sp³-hybridized carbons (Fsp3) is 0.250. The fourth-order valence-electron chi connectivity index (χ4n) is 4.35. The molecule has 0 atom stereocenters. The van der Waals surface area contributed by atoms with E-state index in [2.05, 4.69) is 15.0 Å². The Balaban J connectivity index is 1.58. The number of nitrogens with zero attached hydrogens (tertiary/aromatic N) is 9. The molecule has 11 heteroatoms. The lowest BCUT2D eigenvalue weighted by Gasteiger charge is -2.27. The Morgan fingerprint density at radius 1 is 0.943 bits per heavy atom. The first-order valence-electron chi connectivity index (χ1n) is 11.3. The van der Waals surface area contributed by atoms with Gasteiger partial charge in [-0.3, -0.25) is 4.98 Å². The van der Waals surface area contributed by atoms with Crippen LogP contribution in [-0.2, 0) is 11.8 Å². The fourth-order valence-corrected chi connectivity index (χ4v) is 4.35. The number of ether oxygens (including phenoxy) is 1. The Labute approximate surface area is 200 Å². The second kappa shape index (κ2) is 8.44. The standard InChI is InChI=1S/C24H23N9O2/c1-16-29-33(24(34)32(16)18-6-4-3-5-7-18)23-27-21-19(22(28-23)31-12-14-35-15-13-31)26-20(30(21)2)17-8-10-25-11-9-17/h3-11H,12-15H2,1-2H3. The molecule has 0 aliphatic carbocycles. The van der Waals surface area contributed by atoms with Crippen molar-refractivity contribution in [2.45, 2.75) is 6.92 Å². The number of hydrogen-bond acceptors (Lipinski definition) is 8. The summed E-state index contributed by atoms with van der Waals surface area (Å²) < 4.78 is 10.3. The molecule has 0 unspecified atom stereocenters. The quantitative estimate of drug-likeness (QED) is 0.393. The molecule has 1 aliphatic heterocycles. The Kier molecular flexibility index (Phi) is 5.10. The molecule has 4 aromatic heterocycles. The number of pyridine rings is 1. The molecule has 0 saturated carbocycles. The lowest BCUT2D eigenvalue weighted by molar-refractivity contribution is 0.122. The highest BCUT2D eigenvalue weighted by Gasteiger charge is 2.25. The van der Waals surface area contributed by atoms with Crippen molar-refractivity contribution in [3.63, 3.8) is 0 Å². The van der Waals surface area contributed by atoms with Gasteiger partial charge in [-0.15, -0.1) is 9.78 Å². The van der Waals surface area contributed by atoms with Gasteiger partial charge in [0.25, 0.3) is 5.95 Å². The number of anilines is 1. The summed E-state index contributed by atoms with van der Waals surface area (Å²) in [7, 11) is 1.90. The summed E-state index contributed by atoms with van der Waals surface area (Å²) in [5, 5.41) is 4.51. The normalized spacial score (nSPS) is 14.1. The van der Waals surface area contributed by atoms with E-state index < -0.39 is 0 Å². The molecule has 1 aromatic carbocycles. The Bertz CT molecular complexity index is 1570. The summed E-state index contributed by atoms with van der Waals surface area (Å²) in [6.07, 6.45) is 3.46. The maximum Gasteiger partial charge on any atom is 0.358 e. The number of para-hydroxylation sites is 1. The highest BCUT2D eigenvalue weighted by Crippen LogP contribution is 2.29. The third-order valence-electron chi connectivity index (χ3n) is 6.08. The molecular formula is C24H23N9O2. The number of rotatable bonds is 4. The predicted octanol–water partition coefficient (Wildman–Crippen LogP) is 1.91. The van der Waals surface area contributed by atoms with Crippen LogP contribution < -0.4 is 10.6 Å². The van der Waals surface area contributed by atoms with Crippen molar-refractivity contribution in [2.75, 3.05) is 31.2 Å². The van der Waals surface area contributed by atoms with Crippen LogP contribution in [0.2, 0.25) is 0 Å². The maximum atomic E-state index is 13.4. The number of imidazole rings is 1. The van der Waals surface area contributed by atoms with Gasteiger partial charge in [0.1, 0.15) is 11.6 Å². The topological polar surface area (TPSA) is 109 Å². The van der Waals surface area contributed by atoms with Crippen LogP contribution in [0.25, 0.3) is 34.2 Å². The van der Waals surface area contributed by atoms with Crippen molar-refractivity contribution in [1.29, 1.82) is 0 Å². The minimum absolute atomic E-state index is 0.200. The van der Waals surface area contributed by atoms with Crippen molar-refractivity contribution in [3.8, 4) is 23.0 Å². The minimum atomic E-state index is -0.336. The molecular weight excluding hydrogens is 446 g/mol. The van der Waals surface area contributed by atoms with Gasteiger partial charge in [0, 0.05) is 38.1 Å². The molecule has 0 radical (unpaired) electrons. The lowest BCUT2D eigenvalue weighted by Crippen LogP contribution is -2.37. The number of aryl methyl sites for hydroxylation is 2. The van der Waals surface area contributed by atoms with Crippen molar-refractivity contribution in [2.24, 2.45) is 7.05 Å². The third kappa shape index (κ3) is 3.56. The average Bonchev–Trinajstić information content (AvgIpc) is 3.40. The summed E-state index contributed by atoms with van der Waals surface area (Å²) >= 11 is 0. The zero-order valence-electron chi connectivity index (χ0n) is 19.4. The van der Waals surface area contributed by atoms with Gasteiger partial charge in [-0.05, 0) is 31.2 Å². The van der Waals surface area contributed by atoms with E-state index in [1.165, 1.54) is 4.68 Å². The third-order valence-corrected chi connectivity index (χ3v) is 6.08. The number of hydrogen-bond donors (Lipinski definition) is 0. The maximum absolute atomic E-state index is 13.4. The van der Waals surface area contributed by atoms with E-state index in [-0.39, 0.29) is 11.6 Å². The van der Waals surface area contributed by atoms with E-state index in [1.54, 1.807) is 23.9 Å². The number of morpholine rings is 1. The average molecular weight is 470 g/mol. The number of aromatic nitrogens is 8. The van der Waals surface area contributed by atoms with Crippen LogP contribution in [0.4, 0.5) is 5.82 Å². The minimum Gasteiger partial charge on any atom is -0.378 e. The monoisotopic (exact) mass is 469 g/mol. The van der Waals surface area contributed by atoms with E-state index in [0.717, 1.165) is 17.1 Å². The lowest BCUT2D eigenvalue weighted by atomic mass is 10.2. The van der Waals surface area contributed by atoms with Crippen molar-refractivity contribution in [3.05, 3.63) is 71.2 Å². The molecule has 0 N–H and O–H groups in total. The summed E-state index contributed by atoms with van der Waals surface area (Å²) in [4.78, 5) is 34.1. The zero-order chi connectivity index (χ0) is 23.9. The van der Waals surface area contributed by atoms with Gasteiger partial charge in [0.05, 0.1) is 18.9 Å². The smallest absolute Gasteiger partial charge is 0.358 e. The number of fused-ring (bicyclic) bond motifs is 1. The van der Waals surface area contributed by atoms with Crippen molar-refractivity contribution < 1.29 is 4.74 Å². The Hall–Kier alpha value is -4.38. The molecule has 0 amide bonds. The molecule has 11 nitrogen and oxygen atoms in total. The summed E-state index contributed by atoms with van der Waals surface area (Å²) in [5.74, 6) is 2.14. The van der Waals surface area contributed by atoms with Crippen LogP contribution in [0.3, 0.4) is 0 Å². The van der Waals surface area contributed by atoms with Gasteiger partial charge >= 0.3 is 5.69 Å². The molecule has 5 aromatic rings. The first-order valence-corrected chi connectivity index (χ1v) is 11.3. The highest BCUT2D eigenvalue weighted by molar-refractivity contribution is 5.87. The van der Waals surface area contributed by atoms with Crippen LogP contribution >= 0.6 is 0 Å². The Morgan fingerprint density at radius 3 is 2.43 bits per heavy atom. The molecule has 0 spiro atoms. The molecule has 176 valence electrons. The summed E-state index contributed by atoms with van der Waals surface area (Å²) in [6, 6.07) is 13.2. The second-order valence-corrected chi connectivity index (χ2v) is 8.26. The molecule has 5 heterocycles. The van der Waals surface area contributed by atoms with E-state index in [4.69, 9.17) is 19.7 Å². The first kappa shape index (κ1) is 21.2. The van der Waals surface area contributed by atoms with E-state index >= 15 is 0 Å². The first-order chi connectivity index (χ1) is 17.1. The van der Waals surface area contributed by atoms with Gasteiger partial charge in [-0.2, -0.15) is 9.97 Å². The van der Waals surface area contributed by atoms with Gasteiger partial charge < -0.3 is 14.2 Å². The van der Waals surface area contributed by atoms with Crippen LogP contribution in [0, 0.1) is 6.92 Å². The number of benzene rings is 1. The molecule has 1 saturated heterocycles. The van der Waals surface area contributed by atoms with Gasteiger partial charge in [-0.1, -0.05) is 18.2 Å². The van der Waals surface area contributed by atoms with Gasteiger partial charge in [-0.25, -0.2) is 14.3 Å². The molecule has 0 bridgehead atoms. The predicted molar refractivity (Wildman–Crippen MR) is 130 cm³/mol. The van der Waals surface area contributed by atoms with E-state index in [1.807, 2.05) is 54.1 Å². The van der Waals surface area contributed by atoms with Crippen LogP contribution in [-0.4, -0.2) is 65.2 Å². The van der Waals surface area contributed by atoms with Crippen LogP contribution in [0.15, 0.2) is 59.7 Å². The van der Waals surface area contributed by atoms with E-state index in [9.17, 15) is 4.79 Å². The second-order valence-electron chi connectivity index (χ2n) is 8.26.